The van der Waals surface area contributed by atoms with Gasteiger partial charge in [-0.3, -0.25) is 14.5 Å². The molecule has 1 N–H and O–H groups in total. The molecule has 0 radical (unpaired) electrons. The average molecular weight is 293 g/mol. The van der Waals surface area contributed by atoms with Gasteiger partial charge in [0.2, 0.25) is 11.8 Å². The fraction of sp³-hybridized carbons (Fsp3) is 0.875. The van der Waals surface area contributed by atoms with E-state index in [1.807, 2.05) is 13.8 Å². The van der Waals surface area contributed by atoms with E-state index in [9.17, 15) is 9.59 Å². The standard InChI is InChI=1S/C16H27N3O2/c1-10(2)19-15(20)9-14(16(19)21)17-11-7-12-5-4-6-13(8-11)18(12)3/h10-14,17H,4-9H2,1-3H3. The maximum atomic E-state index is 12.4. The van der Waals surface area contributed by atoms with Gasteiger partial charge in [-0.2, -0.15) is 0 Å². The normalized spacial score (nSPS) is 37.6. The molecule has 3 aliphatic heterocycles. The number of imide groups is 1. The number of fused-ring (bicyclic) bond motifs is 2. The van der Waals surface area contributed by atoms with Crippen LogP contribution in [0.3, 0.4) is 0 Å². The summed E-state index contributed by atoms with van der Waals surface area (Å²) >= 11 is 0. The van der Waals surface area contributed by atoms with Crippen molar-refractivity contribution < 1.29 is 9.59 Å². The van der Waals surface area contributed by atoms with Gasteiger partial charge in [-0.05, 0) is 46.6 Å². The highest BCUT2D eigenvalue weighted by Gasteiger charge is 2.43. The van der Waals surface area contributed by atoms with Crippen molar-refractivity contribution in [3.05, 3.63) is 0 Å². The molecule has 0 spiro atoms. The molecule has 3 saturated heterocycles. The molecule has 118 valence electrons. The third-order valence-electron chi connectivity index (χ3n) is 5.48. The number of carbonyl (C=O) groups excluding carboxylic acids is 2. The highest BCUT2D eigenvalue weighted by molar-refractivity contribution is 6.05. The van der Waals surface area contributed by atoms with Gasteiger partial charge in [0.1, 0.15) is 0 Å². The van der Waals surface area contributed by atoms with Crippen molar-refractivity contribution in [3.63, 3.8) is 0 Å². The van der Waals surface area contributed by atoms with E-state index in [0.717, 1.165) is 12.8 Å². The number of nitrogens with one attached hydrogen (secondary N) is 1. The van der Waals surface area contributed by atoms with Crippen LogP contribution in [0.2, 0.25) is 0 Å². The van der Waals surface area contributed by atoms with Crippen LogP contribution in [0.5, 0.6) is 0 Å². The van der Waals surface area contributed by atoms with E-state index in [2.05, 4.69) is 17.3 Å². The second-order valence-corrected chi connectivity index (χ2v) is 7.19. The van der Waals surface area contributed by atoms with E-state index in [1.54, 1.807) is 0 Å². The summed E-state index contributed by atoms with van der Waals surface area (Å²) < 4.78 is 0. The van der Waals surface area contributed by atoms with Crippen LogP contribution in [0.15, 0.2) is 0 Å². The van der Waals surface area contributed by atoms with E-state index in [0.29, 0.717) is 24.5 Å². The Balaban J connectivity index is 1.63. The molecule has 5 heteroatoms. The highest BCUT2D eigenvalue weighted by Crippen LogP contribution is 2.33. The largest absolute Gasteiger partial charge is 0.303 e. The third-order valence-corrected chi connectivity index (χ3v) is 5.48. The van der Waals surface area contributed by atoms with Crippen molar-refractivity contribution in [1.82, 2.24) is 15.1 Å². The van der Waals surface area contributed by atoms with Gasteiger partial charge >= 0.3 is 0 Å². The molecule has 5 nitrogen and oxygen atoms in total. The lowest BCUT2D eigenvalue weighted by Crippen LogP contribution is -2.56. The summed E-state index contributed by atoms with van der Waals surface area (Å²) in [6.07, 6.45) is 6.40. The monoisotopic (exact) mass is 293 g/mol. The average Bonchev–Trinajstić information content (AvgIpc) is 2.65. The first kappa shape index (κ1) is 15.0. The molecule has 0 aromatic rings. The number of rotatable bonds is 3. The summed E-state index contributed by atoms with van der Waals surface area (Å²) in [5.74, 6) is -0.0558. The second-order valence-electron chi connectivity index (χ2n) is 7.19. The first-order valence-corrected chi connectivity index (χ1v) is 8.31. The van der Waals surface area contributed by atoms with Gasteiger partial charge in [-0.25, -0.2) is 0 Å². The van der Waals surface area contributed by atoms with E-state index >= 15 is 0 Å². The Hall–Kier alpha value is -0.940. The first-order valence-electron chi connectivity index (χ1n) is 8.31. The molecule has 2 amide bonds. The molecule has 21 heavy (non-hydrogen) atoms. The molecule has 0 aromatic carbocycles. The van der Waals surface area contributed by atoms with Crippen LogP contribution in [-0.2, 0) is 9.59 Å². The summed E-state index contributed by atoms with van der Waals surface area (Å²) in [4.78, 5) is 28.3. The Morgan fingerprint density at radius 1 is 1.14 bits per heavy atom. The minimum Gasteiger partial charge on any atom is -0.303 e. The van der Waals surface area contributed by atoms with Crippen LogP contribution >= 0.6 is 0 Å². The number of likely N-dealkylation sites (tertiary alicyclic amines) is 1. The Bertz CT molecular complexity index is 423. The molecule has 3 rings (SSSR count). The van der Waals surface area contributed by atoms with E-state index < -0.39 is 0 Å². The predicted octanol–water partition coefficient (Wildman–Crippen LogP) is 1.13. The molecule has 3 heterocycles. The zero-order valence-electron chi connectivity index (χ0n) is 13.3. The minimum absolute atomic E-state index is 0.0272. The van der Waals surface area contributed by atoms with Crippen molar-refractivity contribution >= 4 is 11.8 Å². The predicted molar refractivity (Wildman–Crippen MR) is 80.7 cm³/mol. The Morgan fingerprint density at radius 3 is 2.29 bits per heavy atom. The van der Waals surface area contributed by atoms with E-state index in [-0.39, 0.29) is 23.9 Å². The molecule has 3 fully saturated rings. The van der Waals surface area contributed by atoms with Gasteiger partial charge in [-0.15, -0.1) is 0 Å². The Morgan fingerprint density at radius 2 is 1.76 bits per heavy atom. The number of piperidine rings is 2. The molecule has 0 aliphatic carbocycles. The Kier molecular flexibility index (Phi) is 4.06. The topological polar surface area (TPSA) is 52.7 Å². The first-order chi connectivity index (χ1) is 9.97. The van der Waals surface area contributed by atoms with Crippen LogP contribution in [0, 0.1) is 0 Å². The molecule has 3 atom stereocenters. The summed E-state index contributed by atoms with van der Waals surface area (Å²) in [6.45, 7) is 3.80. The van der Waals surface area contributed by atoms with Crippen LogP contribution in [0.25, 0.3) is 0 Å². The quantitative estimate of drug-likeness (QED) is 0.793. The van der Waals surface area contributed by atoms with Crippen molar-refractivity contribution in [2.75, 3.05) is 7.05 Å². The summed E-state index contributed by atoms with van der Waals surface area (Å²) in [7, 11) is 2.23. The van der Waals surface area contributed by atoms with E-state index in [1.165, 1.54) is 24.2 Å². The van der Waals surface area contributed by atoms with Gasteiger partial charge < -0.3 is 10.2 Å². The van der Waals surface area contributed by atoms with Crippen molar-refractivity contribution in [1.29, 1.82) is 0 Å². The van der Waals surface area contributed by atoms with Gasteiger partial charge in [0.05, 0.1) is 12.5 Å². The number of amides is 2. The van der Waals surface area contributed by atoms with Gasteiger partial charge in [-0.1, -0.05) is 6.42 Å². The third kappa shape index (κ3) is 2.73. The smallest absolute Gasteiger partial charge is 0.247 e. The number of hydrogen-bond acceptors (Lipinski definition) is 4. The minimum atomic E-state index is -0.297. The zero-order valence-corrected chi connectivity index (χ0v) is 13.3. The molecular formula is C16H27N3O2. The maximum absolute atomic E-state index is 12.4. The molecular weight excluding hydrogens is 266 g/mol. The van der Waals surface area contributed by atoms with Crippen LogP contribution in [-0.4, -0.2) is 58.9 Å². The van der Waals surface area contributed by atoms with E-state index in [4.69, 9.17) is 0 Å². The number of nitrogens with zero attached hydrogens (tertiary/aromatic N) is 2. The van der Waals surface area contributed by atoms with Crippen molar-refractivity contribution in [2.45, 2.75) is 82.6 Å². The van der Waals surface area contributed by atoms with Crippen LogP contribution in [0.4, 0.5) is 0 Å². The SMILES string of the molecule is CC(C)N1C(=O)CC(NC2CC3CCCC(C2)N3C)C1=O. The van der Waals surface area contributed by atoms with Crippen LogP contribution < -0.4 is 5.32 Å². The molecule has 0 saturated carbocycles. The molecule has 3 aliphatic rings. The number of carbonyl (C=O) groups is 2. The fourth-order valence-corrected chi connectivity index (χ4v) is 4.36. The lowest BCUT2D eigenvalue weighted by molar-refractivity contribution is -0.140. The van der Waals surface area contributed by atoms with Crippen molar-refractivity contribution in [2.24, 2.45) is 0 Å². The molecule has 2 bridgehead atoms. The summed E-state index contributed by atoms with van der Waals surface area (Å²) in [5.41, 5.74) is 0. The number of hydrogen-bond donors (Lipinski definition) is 1. The van der Waals surface area contributed by atoms with Gasteiger partial charge in [0.15, 0.2) is 0 Å². The molecule has 3 unspecified atom stereocenters. The highest BCUT2D eigenvalue weighted by atomic mass is 16.2. The lowest BCUT2D eigenvalue weighted by atomic mass is 9.82. The lowest BCUT2D eigenvalue weighted by Gasteiger charge is -2.47. The maximum Gasteiger partial charge on any atom is 0.247 e. The van der Waals surface area contributed by atoms with Crippen LogP contribution in [0.1, 0.15) is 52.4 Å². The fourth-order valence-electron chi connectivity index (χ4n) is 4.36. The summed E-state index contributed by atoms with van der Waals surface area (Å²) in [6, 6.07) is 1.33. The summed E-state index contributed by atoms with van der Waals surface area (Å²) in [5, 5.41) is 3.49. The van der Waals surface area contributed by atoms with Gasteiger partial charge in [0.25, 0.3) is 0 Å². The van der Waals surface area contributed by atoms with Crippen molar-refractivity contribution in [3.8, 4) is 0 Å². The van der Waals surface area contributed by atoms with Gasteiger partial charge in [0, 0.05) is 24.2 Å². The Labute approximate surface area is 127 Å². The second kappa shape index (κ2) is 5.69. The zero-order chi connectivity index (χ0) is 15.1. The molecule has 0 aromatic heterocycles.